The van der Waals surface area contributed by atoms with Gasteiger partial charge in [-0.05, 0) is 0 Å². The fourth-order valence-electron chi connectivity index (χ4n) is 1.72. The number of hydrogen-bond acceptors (Lipinski definition) is 5. The van der Waals surface area contributed by atoms with E-state index in [2.05, 4.69) is 12.6 Å². The van der Waals surface area contributed by atoms with Crippen LogP contribution in [-0.4, -0.2) is 32.6 Å². The molecule has 8 heteroatoms. The van der Waals surface area contributed by atoms with Gasteiger partial charge in [0.15, 0.2) is 0 Å². The molecule has 0 bridgehead atoms. The number of ether oxygens (including phenoxy) is 1. The maximum absolute atomic E-state index is 13.1. The fraction of sp³-hybridized carbons (Fsp3) is 0.556. The first-order valence-electron chi connectivity index (χ1n) is 4.98. The van der Waals surface area contributed by atoms with Gasteiger partial charge in [-0.1, -0.05) is 0 Å². The molecule has 3 atom stereocenters. The highest BCUT2D eigenvalue weighted by molar-refractivity contribution is 7.80. The Morgan fingerprint density at radius 3 is 2.94 bits per heavy atom. The van der Waals surface area contributed by atoms with Gasteiger partial charge in [0, 0.05) is 12.2 Å². The number of hydrogen-bond donors (Lipinski definition) is 3. The monoisotopic (exact) mass is 262 g/mol. The third kappa shape index (κ3) is 2.28. The molecule has 0 unspecified atom stereocenters. The Balaban J connectivity index is 2.34. The van der Waals surface area contributed by atoms with E-state index in [9.17, 15) is 19.1 Å². The van der Waals surface area contributed by atoms with Crippen LogP contribution in [-0.2, 0) is 4.74 Å². The van der Waals surface area contributed by atoms with Crippen LogP contribution in [0.5, 0.6) is 0 Å². The molecule has 1 aliphatic heterocycles. The van der Waals surface area contributed by atoms with Crippen molar-refractivity contribution >= 4 is 12.6 Å². The molecule has 1 aromatic rings. The number of aromatic amines is 1. The summed E-state index contributed by atoms with van der Waals surface area (Å²) in [5.74, 6) is -0.782. The third-order valence-electron chi connectivity index (χ3n) is 2.62. The van der Waals surface area contributed by atoms with E-state index in [4.69, 9.17) is 4.74 Å². The van der Waals surface area contributed by atoms with Gasteiger partial charge in [0.2, 0.25) is 5.82 Å². The zero-order valence-electron chi connectivity index (χ0n) is 8.67. The third-order valence-corrected chi connectivity index (χ3v) is 2.98. The maximum Gasteiger partial charge on any atom is 0.330 e. The second-order valence-electron chi connectivity index (χ2n) is 3.76. The number of aliphatic hydroxyl groups excluding tert-OH is 1. The summed E-state index contributed by atoms with van der Waals surface area (Å²) in [4.78, 5) is 24.1. The minimum Gasteiger partial charge on any atom is -0.390 e. The lowest BCUT2D eigenvalue weighted by atomic mass is 10.2. The van der Waals surface area contributed by atoms with E-state index < -0.39 is 35.5 Å². The number of aromatic nitrogens is 2. The molecule has 0 amide bonds. The van der Waals surface area contributed by atoms with Crippen molar-refractivity contribution < 1.29 is 14.2 Å². The molecule has 1 fully saturated rings. The standard InChI is InChI=1S/C9H11FN2O4S/c10-4-2-12(9(15)11-8(4)14)7-1-5(13)6(3-17)16-7/h2,5-7,13,17H,1,3H2,(H,11,14,15)/t5-,6-,7-/m0/s1. The first kappa shape index (κ1) is 12.3. The highest BCUT2D eigenvalue weighted by atomic mass is 32.1. The van der Waals surface area contributed by atoms with Crippen LogP contribution in [0, 0.1) is 5.82 Å². The molecule has 2 N–H and O–H groups in total. The molecule has 0 radical (unpaired) electrons. The van der Waals surface area contributed by atoms with Crippen molar-refractivity contribution in [2.45, 2.75) is 24.9 Å². The van der Waals surface area contributed by atoms with Crippen LogP contribution in [0.15, 0.2) is 15.8 Å². The minimum atomic E-state index is -1.07. The number of halogens is 1. The van der Waals surface area contributed by atoms with Gasteiger partial charge < -0.3 is 9.84 Å². The van der Waals surface area contributed by atoms with Crippen LogP contribution in [0.25, 0.3) is 0 Å². The summed E-state index contributed by atoms with van der Waals surface area (Å²) in [5, 5.41) is 9.58. The number of nitrogens with zero attached hydrogens (tertiary/aromatic N) is 1. The first-order valence-corrected chi connectivity index (χ1v) is 5.61. The van der Waals surface area contributed by atoms with E-state index >= 15 is 0 Å². The lowest BCUT2D eigenvalue weighted by Gasteiger charge is -2.14. The van der Waals surface area contributed by atoms with Crippen LogP contribution in [0.4, 0.5) is 4.39 Å². The Kier molecular flexibility index (Phi) is 3.36. The molecular weight excluding hydrogens is 251 g/mol. The number of H-pyrrole nitrogens is 1. The molecule has 94 valence electrons. The van der Waals surface area contributed by atoms with Crippen LogP contribution >= 0.6 is 12.6 Å². The summed E-state index contributed by atoms with van der Waals surface area (Å²) in [6.45, 7) is 0. The summed E-state index contributed by atoms with van der Waals surface area (Å²) in [6, 6.07) is 0. The van der Waals surface area contributed by atoms with Gasteiger partial charge >= 0.3 is 5.69 Å². The minimum absolute atomic E-state index is 0.149. The smallest absolute Gasteiger partial charge is 0.330 e. The predicted molar refractivity (Wildman–Crippen MR) is 59.7 cm³/mol. The average molecular weight is 262 g/mol. The lowest BCUT2D eigenvalue weighted by Crippen LogP contribution is -2.33. The van der Waals surface area contributed by atoms with Gasteiger partial charge in [-0.15, -0.1) is 0 Å². The van der Waals surface area contributed by atoms with Crippen molar-refractivity contribution in [2.24, 2.45) is 0 Å². The van der Waals surface area contributed by atoms with Crippen molar-refractivity contribution in [3.8, 4) is 0 Å². The first-order chi connectivity index (χ1) is 8.02. The second-order valence-corrected chi connectivity index (χ2v) is 4.12. The highest BCUT2D eigenvalue weighted by Crippen LogP contribution is 2.27. The predicted octanol–water partition coefficient (Wildman–Crippen LogP) is -0.746. The SMILES string of the molecule is O=c1[nH]c(=O)n([C@@H]2C[C@H](O)[C@H](CS)O2)cc1F. The quantitative estimate of drug-likeness (QED) is 0.613. The molecule has 1 aromatic heterocycles. The van der Waals surface area contributed by atoms with E-state index in [0.29, 0.717) is 0 Å². The number of aliphatic hydroxyl groups is 1. The number of nitrogens with one attached hydrogen (secondary N) is 1. The lowest BCUT2D eigenvalue weighted by molar-refractivity contribution is -0.00784. The summed E-state index contributed by atoms with van der Waals surface area (Å²) in [5.41, 5.74) is -1.84. The van der Waals surface area contributed by atoms with Gasteiger partial charge in [0.25, 0.3) is 5.56 Å². The molecule has 0 aliphatic carbocycles. The molecule has 1 aliphatic rings. The van der Waals surface area contributed by atoms with E-state index in [1.807, 2.05) is 4.98 Å². The van der Waals surface area contributed by atoms with Crippen molar-refractivity contribution in [1.29, 1.82) is 0 Å². The van der Waals surface area contributed by atoms with E-state index in [1.54, 1.807) is 0 Å². The van der Waals surface area contributed by atoms with Gasteiger partial charge in [0.05, 0.1) is 18.4 Å². The summed E-state index contributed by atoms with van der Waals surface area (Å²) < 4.78 is 19.3. The number of rotatable bonds is 2. The molecule has 2 heterocycles. The Labute approximate surface area is 100 Å². The fourth-order valence-corrected chi connectivity index (χ4v) is 2.05. The second kappa shape index (κ2) is 4.63. The van der Waals surface area contributed by atoms with Crippen molar-refractivity contribution in [2.75, 3.05) is 5.75 Å². The van der Waals surface area contributed by atoms with E-state index in [1.165, 1.54) is 0 Å². The van der Waals surface area contributed by atoms with Gasteiger partial charge in [-0.3, -0.25) is 14.3 Å². The number of thiol groups is 1. The molecular formula is C9H11FN2O4S. The highest BCUT2D eigenvalue weighted by Gasteiger charge is 2.34. The molecule has 1 saturated heterocycles. The Bertz CT molecular complexity index is 528. The van der Waals surface area contributed by atoms with Gasteiger partial charge in [-0.2, -0.15) is 17.0 Å². The van der Waals surface area contributed by atoms with Crippen LogP contribution in [0.1, 0.15) is 12.6 Å². The van der Waals surface area contributed by atoms with Crippen molar-refractivity contribution in [1.82, 2.24) is 9.55 Å². The topological polar surface area (TPSA) is 84.3 Å². The molecule has 2 rings (SSSR count). The normalized spacial score (nSPS) is 28.5. The van der Waals surface area contributed by atoms with Gasteiger partial charge in [0.1, 0.15) is 6.23 Å². The Hall–Kier alpha value is -1.12. The van der Waals surface area contributed by atoms with Gasteiger partial charge in [-0.25, -0.2) is 4.79 Å². The van der Waals surface area contributed by atoms with Crippen molar-refractivity contribution in [3.05, 3.63) is 32.9 Å². The summed E-state index contributed by atoms with van der Waals surface area (Å²) in [7, 11) is 0. The summed E-state index contributed by atoms with van der Waals surface area (Å²) in [6.07, 6.45) is -1.14. The molecule has 0 saturated carbocycles. The van der Waals surface area contributed by atoms with Crippen LogP contribution in [0.2, 0.25) is 0 Å². The maximum atomic E-state index is 13.1. The summed E-state index contributed by atoms with van der Waals surface area (Å²) >= 11 is 3.99. The zero-order valence-corrected chi connectivity index (χ0v) is 9.56. The zero-order chi connectivity index (χ0) is 12.6. The average Bonchev–Trinajstić information content (AvgIpc) is 2.65. The molecule has 17 heavy (non-hydrogen) atoms. The van der Waals surface area contributed by atoms with E-state index in [0.717, 1.165) is 10.8 Å². The molecule has 0 aromatic carbocycles. The van der Waals surface area contributed by atoms with E-state index in [-0.39, 0.29) is 12.2 Å². The Morgan fingerprint density at radius 1 is 1.65 bits per heavy atom. The largest absolute Gasteiger partial charge is 0.390 e. The van der Waals surface area contributed by atoms with Crippen LogP contribution in [0.3, 0.4) is 0 Å². The van der Waals surface area contributed by atoms with Crippen molar-refractivity contribution in [3.63, 3.8) is 0 Å². The molecule has 6 nitrogen and oxygen atoms in total. The Morgan fingerprint density at radius 2 is 2.35 bits per heavy atom. The van der Waals surface area contributed by atoms with Crippen LogP contribution < -0.4 is 11.2 Å². The molecule has 0 spiro atoms.